The van der Waals surface area contributed by atoms with Crippen molar-refractivity contribution in [3.05, 3.63) is 54.1 Å². The van der Waals surface area contributed by atoms with Crippen LogP contribution in [0.5, 0.6) is 5.75 Å². The average molecular weight is 307 g/mol. The third-order valence-corrected chi connectivity index (χ3v) is 3.62. The highest BCUT2D eigenvalue weighted by Crippen LogP contribution is 2.30. The van der Waals surface area contributed by atoms with Crippen molar-refractivity contribution in [2.24, 2.45) is 0 Å². The molecule has 0 saturated heterocycles. The number of nitrogens with zero attached hydrogens (tertiary/aromatic N) is 1. The Labute approximate surface area is 123 Å². The molecule has 2 aromatic carbocycles. The Bertz CT molecular complexity index is 716. The molecule has 6 nitrogen and oxygen atoms in total. The van der Waals surface area contributed by atoms with Gasteiger partial charge < -0.3 is 9.84 Å². The number of para-hydroxylation sites is 1. The normalized spacial score (nSPS) is 10.4. The SMILES string of the molecule is COc1ccc(N(c2ccccc2C(=O)O)[SH](=O)=O)cc1. The summed E-state index contributed by atoms with van der Waals surface area (Å²) < 4.78 is 29.1. The Morgan fingerprint density at radius 1 is 1.10 bits per heavy atom. The van der Waals surface area contributed by atoms with Crippen LogP contribution in [0.4, 0.5) is 11.4 Å². The number of hydrogen-bond donors (Lipinski definition) is 2. The van der Waals surface area contributed by atoms with Crippen LogP contribution in [0.25, 0.3) is 0 Å². The van der Waals surface area contributed by atoms with E-state index in [1.807, 2.05) is 0 Å². The molecule has 2 rings (SSSR count). The van der Waals surface area contributed by atoms with Gasteiger partial charge in [0.1, 0.15) is 5.75 Å². The van der Waals surface area contributed by atoms with Crippen molar-refractivity contribution in [2.45, 2.75) is 0 Å². The highest BCUT2D eigenvalue weighted by atomic mass is 32.2. The topological polar surface area (TPSA) is 83.9 Å². The van der Waals surface area contributed by atoms with E-state index >= 15 is 0 Å². The van der Waals surface area contributed by atoms with Crippen LogP contribution in [-0.4, -0.2) is 26.6 Å². The number of carboxylic acid groups (broad SMARTS) is 1. The van der Waals surface area contributed by atoms with Crippen LogP contribution in [0.3, 0.4) is 0 Å². The first-order valence-corrected chi connectivity index (χ1v) is 7.08. The molecule has 0 radical (unpaired) electrons. The van der Waals surface area contributed by atoms with E-state index in [9.17, 15) is 18.3 Å². The number of thiol groups is 1. The number of benzene rings is 2. The first kappa shape index (κ1) is 14.9. The van der Waals surface area contributed by atoms with Gasteiger partial charge in [-0.3, -0.25) is 0 Å². The summed E-state index contributed by atoms with van der Waals surface area (Å²) >= 11 is 0. The Kier molecular flexibility index (Phi) is 4.44. The predicted octanol–water partition coefficient (Wildman–Crippen LogP) is 2.06. The molecule has 110 valence electrons. The predicted molar refractivity (Wildman–Crippen MR) is 78.8 cm³/mol. The van der Waals surface area contributed by atoms with Gasteiger partial charge in [-0.15, -0.1) is 0 Å². The number of hydrogen-bond acceptors (Lipinski definition) is 4. The fourth-order valence-electron chi connectivity index (χ4n) is 1.88. The quantitative estimate of drug-likeness (QED) is 0.826. The van der Waals surface area contributed by atoms with Crippen LogP contribution >= 0.6 is 0 Å². The molecule has 0 unspecified atom stereocenters. The maximum Gasteiger partial charge on any atom is 0.337 e. The third kappa shape index (κ3) is 3.14. The molecule has 0 aliphatic carbocycles. The van der Waals surface area contributed by atoms with Crippen molar-refractivity contribution in [2.75, 3.05) is 11.4 Å². The van der Waals surface area contributed by atoms with Crippen molar-refractivity contribution in [3.63, 3.8) is 0 Å². The lowest BCUT2D eigenvalue weighted by molar-refractivity contribution is 0.0698. The van der Waals surface area contributed by atoms with Crippen LogP contribution in [0.15, 0.2) is 48.5 Å². The molecule has 7 heteroatoms. The molecule has 0 heterocycles. The van der Waals surface area contributed by atoms with Gasteiger partial charge in [-0.2, -0.15) is 0 Å². The summed E-state index contributed by atoms with van der Waals surface area (Å²) in [5.74, 6) is -0.618. The van der Waals surface area contributed by atoms with Crippen molar-refractivity contribution >= 4 is 28.2 Å². The lowest BCUT2D eigenvalue weighted by atomic mass is 10.1. The summed E-state index contributed by atoms with van der Waals surface area (Å²) in [5.41, 5.74) is 0.333. The monoisotopic (exact) mass is 307 g/mol. The van der Waals surface area contributed by atoms with E-state index < -0.39 is 16.9 Å². The minimum atomic E-state index is -3.04. The number of anilines is 2. The Balaban J connectivity index is 2.56. The fraction of sp³-hybridized carbons (Fsp3) is 0.0714. The van der Waals surface area contributed by atoms with Gasteiger partial charge >= 0.3 is 5.97 Å². The fourth-order valence-corrected chi connectivity index (χ4v) is 2.56. The zero-order valence-corrected chi connectivity index (χ0v) is 12.0. The first-order chi connectivity index (χ1) is 10.0. The third-order valence-electron chi connectivity index (χ3n) is 2.84. The smallest absolute Gasteiger partial charge is 0.337 e. The molecule has 21 heavy (non-hydrogen) atoms. The van der Waals surface area contributed by atoms with E-state index in [4.69, 9.17) is 4.74 Å². The number of carbonyl (C=O) groups is 1. The zero-order valence-electron chi connectivity index (χ0n) is 11.1. The molecular weight excluding hydrogens is 294 g/mol. The second kappa shape index (κ2) is 6.27. The zero-order chi connectivity index (χ0) is 15.4. The molecule has 0 saturated carbocycles. The Morgan fingerprint density at radius 3 is 2.24 bits per heavy atom. The minimum absolute atomic E-state index is 0.0891. The summed E-state index contributed by atoms with van der Waals surface area (Å²) in [6.07, 6.45) is 0. The van der Waals surface area contributed by atoms with Gasteiger partial charge in [0, 0.05) is 0 Å². The summed E-state index contributed by atoms with van der Waals surface area (Å²) in [7, 11) is -1.54. The number of rotatable bonds is 5. The Hall–Kier alpha value is -2.54. The summed E-state index contributed by atoms with van der Waals surface area (Å²) in [5, 5.41) is 9.18. The average Bonchev–Trinajstić information content (AvgIpc) is 2.48. The van der Waals surface area contributed by atoms with Crippen molar-refractivity contribution in [1.29, 1.82) is 0 Å². The molecule has 0 aliphatic rings. The molecule has 0 bridgehead atoms. The maximum absolute atomic E-state index is 11.6. The van der Waals surface area contributed by atoms with Crippen LogP contribution in [-0.2, 0) is 10.9 Å². The van der Waals surface area contributed by atoms with E-state index in [0.717, 1.165) is 4.31 Å². The molecule has 0 fully saturated rings. The number of carboxylic acids is 1. The largest absolute Gasteiger partial charge is 0.497 e. The van der Waals surface area contributed by atoms with Crippen LogP contribution in [0.1, 0.15) is 10.4 Å². The Morgan fingerprint density at radius 2 is 1.71 bits per heavy atom. The summed E-state index contributed by atoms with van der Waals surface area (Å²) in [6.45, 7) is 0. The lowest BCUT2D eigenvalue weighted by Gasteiger charge is -2.19. The molecule has 2 aromatic rings. The molecule has 0 aliphatic heterocycles. The standard InChI is InChI=1S/C14H13NO5S/c1-20-11-8-6-10(7-9-11)15(21(18)19)13-5-3-2-4-12(13)14(16)17/h2-9,21H,1H3,(H,16,17). The van der Waals surface area contributed by atoms with E-state index in [-0.39, 0.29) is 11.3 Å². The number of ether oxygens (including phenoxy) is 1. The van der Waals surface area contributed by atoms with Gasteiger partial charge in [-0.05, 0) is 36.4 Å². The minimum Gasteiger partial charge on any atom is -0.497 e. The summed E-state index contributed by atoms with van der Waals surface area (Å²) in [6, 6.07) is 12.2. The van der Waals surface area contributed by atoms with E-state index in [0.29, 0.717) is 11.4 Å². The second-order valence-electron chi connectivity index (χ2n) is 4.07. The molecule has 0 atom stereocenters. The molecular formula is C14H13NO5S. The van der Waals surface area contributed by atoms with Crippen molar-refractivity contribution in [1.82, 2.24) is 0 Å². The highest BCUT2D eigenvalue weighted by molar-refractivity contribution is 7.74. The van der Waals surface area contributed by atoms with Crippen LogP contribution < -0.4 is 9.04 Å². The second-order valence-corrected chi connectivity index (χ2v) is 4.95. The van der Waals surface area contributed by atoms with Crippen molar-refractivity contribution < 1.29 is 23.1 Å². The van der Waals surface area contributed by atoms with Gasteiger partial charge in [0.05, 0.1) is 24.0 Å². The van der Waals surface area contributed by atoms with E-state index in [1.165, 1.54) is 25.3 Å². The van der Waals surface area contributed by atoms with Gasteiger partial charge in [-0.1, -0.05) is 12.1 Å². The first-order valence-electron chi connectivity index (χ1n) is 5.95. The van der Waals surface area contributed by atoms with Gasteiger partial charge in [0.2, 0.25) is 10.9 Å². The van der Waals surface area contributed by atoms with Gasteiger partial charge in [0.25, 0.3) is 0 Å². The van der Waals surface area contributed by atoms with E-state index in [1.54, 1.807) is 30.3 Å². The molecule has 1 N–H and O–H groups in total. The molecule has 0 amide bonds. The molecule has 0 aromatic heterocycles. The number of methoxy groups -OCH3 is 1. The van der Waals surface area contributed by atoms with Crippen molar-refractivity contribution in [3.8, 4) is 5.75 Å². The van der Waals surface area contributed by atoms with Crippen LogP contribution in [0, 0.1) is 0 Å². The van der Waals surface area contributed by atoms with Crippen LogP contribution in [0.2, 0.25) is 0 Å². The maximum atomic E-state index is 11.6. The van der Waals surface area contributed by atoms with Gasteiger partial charge in [-0.25, -0.2) is 17.5 Å². The molecule has 0 spiro atoms. The van der Waals surface area contributed by atoms with E-state index in [2.05, 4.69) is 0 Å². The summed E-state index contributed by atoms with van der Waals surface area (Å²) in [4.78, 5) is 11.2. The lowest BCUT2D eigenvalue weighted by Crippen LogP contribution is -2.17. The number of aromatic carboxylic acids is 1. The van der Waals surface area contributed by atoms with Gasteiger partial charge in [0.15, 0.2) is 0 Å². The highest BCUT2D eigenvalue weighted by Gasteiger charge is 2.18.